The first-order valence-corrected chi connectivity index (χ1v) is 11.0. The van der Waals surface area contributed by atoms with Gasteiger partial charge in [-0.1, -0.05) is 17.7 Å². The molecule has 4 rings (SSSR count). The van der Waals surface area contributed by atoms with Gasteiger partial charge in [0.05, 0.1) is 18.3 Å². The van der Waals surface area contributed by atoms with Crippen molar-refractivity contribution in [1.82, 2.24) is 4.57 Å². The van der Waals surface area contributed by atoms with Crippen molar-refractivity contribution >= 4 is 23.6 Å². The van der Waals surface area contributed by atoms with Gasteiger partial charge in [0, 0.05) is 28.5 Å². The summed E-state index contributed by atoms with van der Waals surface area (Å²) in [7, 11) is 1.29. The molecular weight excluding hydrogens is 431 g/mol. The monoisotopic (exact) mass is 458 g/mol. The van der Waals surface area contributed by atoms with E-state index in [1.54, 1.807) is 13.0 Å². The summed E-state index contributed by atoms with van der Waals surface area (Å²) >= 11 is 0. The van der Waals surface area contributed by atoms with Crippen LogP contribution in [0.1, 0.15) is 35.0 Å². The number of aryl methyl sites for hydroxylation is 3. The molecule has 0 spiro atoms. The van der Waals surface area contributed by atoms with Crippen LogP contribution in [-0.4, -0.2) is 23.6 Å². The summed E-state index contributed by atoms with van der Waals surface area (Å²) < 4.78 is 20.6. The molecular formula is C28H27FN2O3. The topological polar surface area (TPSA) is 51.5 Å². The lowest BCUT2D eigenvalue weighted by molar-refractivity contribution is -0.136. The predicted octanol–water partition coefficient (Wildman–Crippen LogP) is 5.73. The highest BCUT2D eigenvalue weighted by atomic mass is 19.1. The predicted molar refractivity (Wildman–Crippen MR) is 131 cm³/mol. The second-order valence-electron chi connectivity index (χ2n) is 8.58. The van der Waals surface area contributed by atoms with E-state index in [-0.39, 0.29) is 17.1 Å². The molecule has 0 saturated carbocycles. The number of allylic oxidation sites excluding steroid dienone is 1. The summed E-state index contributed by atoms with van der Waals surface area (Å²) in [5.74, 6) is -1.36. The number of rotatable bonds is 4. The maximum Gasteiger partial charge on any atom is 0.340 e. The molecule has 0 aliphatic carbocycles. The highest BCUT2D eigenvalue weighted by molar-refractivity contribution is 6.23. The van der Waals surface area contributed by atoms with Crippen molar-refractivity contribution in [2.24, 2.45) is 0 Å². The molecule has 1 aromatic heterocycles. The van der Waals surface area contributed by atoms with Crippen LogP contribution in [0.5, 0.6) is 0 Å². The largest absolute Gasteiger partial charge is 0.465 e. The Bertz CT molecular complexity index is 1380. The van der Waals surface area contributed by atoms with Crippen molar-refractivity contribution in [3.63, 3.8) is 0 Å². The highest BCUT2D eigenvalue weighted by Gasteiger charge is 2.38. The number of halogens is 1. The summed E-state index contributed by atoms with van der Waals surface area (Å²) in [6, 6.07) is 13.9. The van der Waals surface area contributed by atoms with E-state index in [0.717, 1.165) is 28.2 Å². The van der Waals surface area contributed by atoms with Gasteiger partial charge in [-0.2, -0.15) is 0 Å². The summed E-state index contributed by atoms with van der Waals surface area (Å²) in [5, 5.41) is 0. The molecule has 174 valence electrons. The van der Waals surface area contributed by atoms with Crippen LogP contribution in [0.2, 0.25) is 0 Å². The van der Waals surface area contributed by atoms with Crippen LogP contribution in [0.25, 0.3) is 11.8 Å². The van der Waals surface area contributed by atoms with E-state index >= 15 is 0 Å². The Morgan fingerprint density at radius 2 is 1.65 bits per heavy atom. The number of benzene rings is 2. The summed E-state index contributed by atoms with van der Waals surface area (Å²) in [6.45, 7) is 9.82. The minimum absolute atomic E-state index is 0.202. The molecule has 5 nitrogen and oxygen atoms in total. The van der Waals surface area contributed by atoms with Gasteiger partial charge in [0.2, 0.25) is 0 Å². The molecule has 6 heteroatoms. The number of carbonyl (C=O) groups is 2. The third-order valence-electron chi connectivity index (χ3n) is 6.24. The van der Waals surface area contributed by atoms with Crippen LogP contribution in [0, 0.1) is 33.5 Å². The molecule has 2 aromatic carbocycles. The zero-order chi connectivity index (χ0) is 24.7. The molecule has 0 atom stereocenters. The molecule has 1 aliphatic heterocycles. The molecule has 3 aromatic rings. The van der Waals surface area contributed by atoms with Gasteiger partial charge in [0.25, 0.3) is 5.91 Å². The van der Waals surface area contributed by atoms with Crippen molar-refractivity contribution < 1.29 is 18.7 Å². The molecule has 34 heavy (non-hydrogen) atoms. The Balaban J connectivity index is 1.85. The van der Waals surface area contributed by atoms with E-state index in [1.165, 1.54) is 41.8 Å². The minimum atomic E-state index is -0.593. The zero-order valence-electron chi connectivity index (χ0n) is 20.2. The second-order valence-corrected chi connectivity index (χ2v) is 8.58. The minimum Gasteiger partial charge on any atom is -0.465 e. The molecule has 0 bridgehead atoms. The number of ether oxygens (including phenoxy) is 1. The van der Waals surface area contributed by atoms with Gasteiger partial charge < -0.3 is 9.30 Å². The van der Waals surface area contributed by atoms with Gasteiger partial charge in [-0.3, -0.25) is 9.69 Å². The van der Waals surface area contributed by atoms with Crippen molar-refractivity contribution in [1.29, 1.82) is 0 Å². The molecule has 1 amide bonds. The number of esters is 1. The van der Waals surface area contributed by atoms with Crippen molar-refractivity contribution in [2.45, 2.75) is 34.6 Å². The third kappa shape index (κ3) is 3.85. The zero-order valence-corrected chi connectivity index (χ0v) is 20.2. The standard InChI is InChI=1S/C28H27FN2O3/c1-16-7-12-25(17(2)13-16)30-18(3)14-21(19(30)4)15-24-26(28(33)34-6)20(5)31(27(24)32)23-10-8-22(29)9-11-23/h7-15H,1-6H3/b24-15-. The fourth-order valence-corrected chi connectivity index (χ4v) is 4.60. The summed E-state index contributed by atoms with van der Waals surface area (Å²) in [6.07, 6.45) is 1.74. The first-order chi connectivity index (χ1) is 16.1. The van der Waals surface area contributed by atoms with E-state index in [2.05, 4.69) is 36.6 Å². The first-order valence-electron chi connectivity index (χ1n) is 11.0. The second kappa shape index (κ2) is 8.78. The van der Waals surface area contributed by atoms with E-state index in [9.17, 15) is 14.0 Å². The maximum atomic E-state index is 13.5. The molecule has 0 N–H and O–H groups in total. The Hall–Kier alpha value is -3.93. The van der Waals surface area contributed by atoms with Gasteiger partial charge in [-0.15, -0.1) is 0 Å². The Labute approximate surface area is 198 Å². The third-order valence-corrected chi connectivity index (χ3v) is 6.24. The fraction of sp³-hybridized carbons (Fsp3) is 0.214. The average Bonchev–Trinajstić information content (AvgIpc) is 3.20. The molecule has 0 unspecified atom stereocenters. The molecule has 0 saturated heterocycles. The molecule has 2 heterocycles. The number of hydrogen-bond donors (Lipinski definition) is 0. The van der Waals surface area contributed by atoms with E-state index in [1.807, 2.05) is 19.9 Å². The molecule has 1 aliphatic rings. The van der Waals surface area contributed by atoms with Gasteiger partial charge in [0.15, 0.2) is 0 Å². The SMILES string of the molecule is COC(=O)C1=C(C)N(c2ccc(F)cc2)C(=O)/C1=C\c1cc(C)n(-c2ccc(C)cc2C)c1C. The summed E-state index contributed by atoms with van der Waals surface area (Å²) in [4.78, 5) is 27.6. The van der Waals surface area contributed by atoms with Crippen molar-refractivity contribution in [3.05, 3.63) is 99.3 Å². The van der Waals surface area contributed by atoms with Gasteiger partial charge in [-0.05, 0) is 88.2 Å². The lowest BCUT2D eigenvalue weighted by atomic mass is 10.0. The van der Waals surface area contributed by atoms with Gasteiger partial charge in [-0.25, -0.2) is 9.18 Å². The smallest absolute Gasteiger partial charge is 0.340 e. The van der Waals surface area contributed by atoms with Crippen molar-refractivity contribution in [2.75, 3.05) is 12.0 Å². The van der Waals surface area contributed by atoms with E-state index in [4.69, 9.17) is 4.74 Å². The number of hydrogen-bond acceptors (Lipinski definition) is 3. The Morgan fingerprint density at radius 1 is 0.971 bits per heavy atom. The fourth-order valence-electron chi connectivity index (χ4n) is 4.60. The van der Waals surface area contributed by atoms with E-state index in [0.29, 0.717) is 11.4 Å². The van der Waals surface area contributed by atoms with Crippen LogP contribution < -0.4 is 4.90 Å². The molecule has 0 radical (unpaired) electrons. The number of amides is 1. The van der Waals surface area contributed by atoms with Gasteiger partial charge >= 0.3 is 5.97 Å². The normalized spacial score (nSPS) is 15.0. The Kier molecular flexibility index (Phi) is 6.00. The highest BCUT2D eigenvalue weighted by Crippen LogP contribution is 2.36. The lowest BCUT2D eigenvalue weighted by Crippen LogP contribution is -2.24. The van der Waals surface area contributed by atoms with E-state index < -0.39 is 11.8 Å². The number of nitrogens with zero attached hydrogens (tertiary/aromatic N) is 2. The number of aromatic nitrogens is 1. The van der Waals surface area contributed by atoms with Crippen LogP contribution in [-0.2, 0) is 14.3 Å². The lowest BCUT2D eigenvalue weighted by Gasteiger charge is -2.17. The first kappa shape index (κ1) is 23.2. The average molecular weight is 459 g/mol. The van der Waals surface area contributed by atoms with Crippen LogP contribution in [0.4, 0.5) is 10.1 Å². The quantitative estimate of drug-likeness (QED) is 0.371. The van der Waals surface area contributed by atoms with Crippen molar-refractivity contribution in [3.8, 4) is 5.69 Å². The van der Waals surface area contributed by atoms with Gasteiger partial charge in [0.1, 0.15) is 5.82 Å². The number of carbonyl (C=O) groups excluding carboxylic acids is 2. The number of methoxy groups -OCH3 is 1. The van der Waals surface area contributed by atoms with Crippen LogP contribution in [0.3, 0.4) is 0 Å². The number of anilines is 1. The summed E-state index contributed by atoms with van der Waals surface area (Å²) in [5.41, 5.74) is 7.56. The van der Waals surface area contributed by atoms with Crippen LogP contribution >= 0.6 is 0 Å². The Morgan fingerprint density at radius 3 is 2.26 bits per heavy atom. The van der Waals surface area contributed by atoms with Crippen LogP contribution in [0.15, 0.2) is 65.4 Å². The maximum absolute atomic E-state index is 13.5. The molecule has 0 fully saturated rings.